The highest BCUT2D eigenvalue weighted by Gasteiger charge is 2.31. The Morgan fingerprint density at radius 2 is 0.883 bits per heavy atom. The fourth-order valence-corrected chi connectivity index (χ4v) is 6.89. The van der Waals surface area contributed by atoms with Crippen molar-refractivity contribution in [3.63, 3.8) is 0 Å². The minimum Gasteiger partial charge on any atom is -0.481 e. The molecule has 0 radical (unpaired) electrons. The van der Waals surface area contributed by atoms with E-state index in [1.54, 1.807) is 0 Å². The van der Waals surface area contributed by atoms with Gasteiger partial charge in [0.15, 0.2) is 0 Å². The first-order valence-electron chi connectivity index (χ1n) is 21.7. The molecule has 14 nitrogen and oxygen atoms in total. The lowest BCUT2D eigenvalue weighted by molar-refractivity contribution is -0.160. The maximum Gasteiger partial charge on any atom is 0.320 e. The van der Waals surface area contributed by atoms with Crippen molar-refractivity contribution in [1.82, 2.24) is 19.6 Å². The molecule has 0 aromatic heterocycles. The maximum atomic E-state index is 13.6. The van der Waals surface area contributed by atoms with Crippen LogP contribution in [0.25, 0.3) is 0 Å². The Labute approximate surface area is 360 Å². The number of hydrogen-bond donors (Lipinski definition) is 1. The van der Waals surface area contributed by atoms with Crippen molar-refractivity contribution in [2.24, 2.45) is 0 Å². The summed E-state index contributed by atoms with van der Waals surface area (Å²) in [6.07, 6.45) is 5.13. The molecule has 1 aliphatic rings. The van der Waals surface area contributed by atoms with Gasteiger partial charge in [-0.05, 0) is 120 Å². The largest absolute Gasteiger partial charge is 0.481 e. The summed E-state index contributed by atoms with van der Waals surface area (Å²) >= 11 is 0. The molecule has 1 aromatic carbocycles. The molecule has 14 heteroatoms. The van der Waals surface area contributed by atoms with Gasteiger partial charge in [-0.3, -0.25) is 43.6 Å². The molecule has 0 saturated carbocycles. The molecular weight excluding hydrogens is 769 g/mol. The number of carboxylic acid groups (broad SMARTS) is 1. The van der Waals surface area contributed by atoms with Crippen molar-refractivity contribution in [2.45, 2.75) is 156 Å². The smallest absolute Gasteiger partial charge is 0.320 e. The molecule has 0 bridgehead atoms. The Morgan fingerprint density at radius 3 is 1.32 bits per heavy atom. The number of aryl methyl sites for hydroxylation is 1. The number of esters is 4. The third-order valence-electron chi connectivity index (χ3n) is 9.32. The van der Waals surface area contributed by atoms with E-state index < -0.39 is 28.4 Å². The minimum absolute atomic E-state index is 0.00446. The molecule has 2 rings (SSSR count). The van der Waals surface area contributed by atoms with Crippen LogP contribution in [-0.2, 0) is 55.8 Å². The zero-order chi connectivity index (χ0) is 45.3. The summed E-state index contributed by atoms with van der Waals surface area (Å²) in [7, 11) is 0. The van der Waals surface area contributed by atoms with Gasteiger partial charge in [-0.25, -0.2) is 0 Å². The van der Waals surface area contributed by atoms with Gasteiger partial charge in [0.05, 0.1) is 26.2 Å². The van der Waals surface area contributed by atoms with Crippen molar-refractivity contribution >= 4 is 29.8 Å². The summed E-state index contributed by atoms with van der Waals surface area (Å²) in [4.78, 5) is 72.5. The quantitative estimate of drug-likeness (QED) is 0.115. The molecule has 0 amide bonds. The molecule has 0 aliphatic carbocycles. The normalized spacial score (nSPS) is 17.6. The summed E-state index contributed by atoms with van der Waals surface area (Å²) in [5.74, 6) is -2.24. The van der Waals surface area contributed by atoms with E-state index in [4.69, 9.17) is 24.1 Å². The zero-order valence-corrected chi connectivity index (χ0v) is 39.0. The van der Waals surface area contributed by atoms with E-state index in [9.17, 15) is 24.0 Å². The van der Waals surface area contributed by atoms with Crippen LogP contribution in [0.4, 0.5) is 0 Å². The highest BCUT2D eigenvalue weighted by atomic mass is 16.6. The molecule has 1 unspecified atom stereocenters. The van der Waals surface area contributed by atoms with Gasteiger partial charge in [0.1, 0.15) is 22.4 Å². The fourth-order valence-electron chi connectivity index (χ4n) is 6.89. The van der Waals surface area contributed by atoms with Crippen LogP contribution in [0, 0.1) is 0 Å². The molecule has 342 valence electrons. The number of carbonyl (C=O) groups excluding carboxylic acids is 4. The van der Waals surface area contributed by atoms with Crippen LogP contribution >= 0.6 is 0 Å². The second-order valence-corrected chi connectivity index (χ2v) is 20.1. The number of carbonyl (C=O) groups is 5. The standard InChI is InChI=1S/C46H78N4O10/c1-43(2,3)57-39(53)31-47-23-24-48(32-40(54)58-44(4,5)6)27-28-50(34-42(56)60-46(10,11)12)37(30-49(26-25-47)33-41(55)59-45(7,8)9)29-36-21-19-35(20-22-36)17-15-13-14-16-18-38(51)52/h19-22,37H,13-18,23-34H2,1-12H3,(H,51,52). The fraction of sp³-hybridized carbons (Fsp3) is 0.761. The molecule has 1 aromatic rings. The Kier molecular flexibility index (Phi) is 21.2. The lowest BCUT2D eigenvalue weighted by atomic mass is 9.99. The van der Waals surface area contributed by atoms with Gasteiger partial charge in [0, 0.05) is 58.3 Å². The highest BCUT2D eigenvalue weighted by molar-refractivity contribution is 5.73. The minimum atomic E-state index is -0.761. The average molecular weight is 847 g/mol. The number of benzene rings is 1. The molecule has 1 atom stereocenters. The van der Waals surface area contributed by atoms with Gasteiger partial charge in [0.25, 0.3) is 0 Å². The van der Waals surface area contributed by atoms with Crippen LogP contribution in [0.1, 0.15) is 126 Å². The SMILES string of the molecule is CC(C)(C)OC(=O)CN1CCN(CC(=O)OC(C)(C)C)CCN(CC(=O)OC(C)(C)C)C(Cc2ccc(CCCCCCC(=O)O)cc2)CN(CC(=O)OC(C)(C)C)CC1. The first-order valence-corrected chi connectivity index (χ1v) is 21.7. The molecule has 1 N–H and O–H groups in total. The highest BCUT2D eigenvalue weighted by Crippen LogP contribution is 2.18. The van der Waals surface area contributed by atoms with Crippen molar-refractivity contribution in [3.8, 4) is 0 Å². The number of hydrogen-bond acceptors (Lipinski definition) is 13. The van der Waals surface area contributed by atoms with Crippen LogP contribution < -0.4 is 0 Å². The van der Waals surface area contributed by atoms with Gasteiger partial charge < -0.3 is 24.1 Å². The summed E-state index contributed by atoms with van der Waals surface area (Å²) in [6, 6.07) is 8.18. The van der Waals surface area contributed by atoms with Crippen LogP contribution in [-0.4, -0.2) is 155 Å². The molecule has 1 aliphatic heterocycles. The molecular formula is C46H78N4O10. The summed E-state index contributed by atoms with van der Waals surface area (Å²) in [6.45, 7) is 25.0. The summed E-state index contributed by atoms with van der Waals surface area (Å²) in [5, 5.41) is 8.93. The molecule has 0 spiro atoms. The van der Waals surface area contributed by atoms with E-state index in [1.165, 1.54) is 5.56 Å². The second-order valence-electron chi connectivity index (χ2n) is 20.1. The number of ether oxygens (including phenoxy) is 4. The Morgan fingerprint density at radius 1 is 0.517 bits per heavy atom. The molecule has 60 heavy (non-hydrogen) atoms. The third kappa shape index (κ3) is 25.2. The molecule has 1 heterocycles. The first kappa shape index (κ1) is 52.5. The van der Waals surface area contributed by atoms with Crippen LogP contribution in [0.2, 0.25) is 0 Å². The van der Waals surface area contributed by atoms with E-state index in [0.29, 0.717) is 58.7 Å². The van der Waals surface area contributed by atoms with Crippen LogP contribution in [0.5, 0.6) is 0 Å². The second kappa shape index (κ2) is 24.2. The monoisotopic (exact) mass is 847 g/mol. The lowest BCUT2D eigenvalue weighted by Crippen LogP contribution is -2.54. The van der Waals surface area contributed by atoms with E-state index in [1.807, 2.05) is 97.8 Å². The Balaban J connectivity index is 2.56. The average Bonchev–Trinajstić information content (AvgIpc) is 3.05. The Hall–Kier alpha value is -3.59. The van der Waals surface area contributed by atoms with Crippen molar-refractivity contribution in [2.75, 3.05) is 72.0 Å². The summed E-state index contributed by atoms with van der Waals surface area (Å²) in [5.41, 5.74) is -0.478. The number of nitrogens with zero attached hydrogens (tertiary/aromatic N) is 4. The molecule has 1 fully saturated rings. The van der Waals surface area contributed by atoms with Gasteiger partial charge in [-0.2, -0.15) is 0 Å². The van der Waals surface area contributed by atoms with Gasteiger partial charge in [-0.1, -0.05) is 37.1 Å². The number of unbranched alkanes of at least 4 members (excludes halogenated alkanes) is 3. The zero-order valence-electron chi connectivity index (χ0n) is 39.0. The van der Waals surface area contributed by atoms with E-state index in [0.717, 1.165) is 31.2 Å². The number of carboxylic acids is 1. The van der Waals surface area contributed by atoms with Crippen LogP contribution in [0.3, 0.4) is 0 Å². The van der Waals surface area contributed by atoms with E-state index in [2.05, 4.69) is 29.2 Å². The summed E-state index contributed by atoms with van der Waals surface area (Å²) < 4.78 is 23.1. The Bertz CT molecular complexity index is 1500. The number of aliphatic carboxylic acids is 1. The van der Waals surface area contributed by atoms with Gasteiger partial charge in [-0.15, -0.1) is 0 Å². The third-order valence-corrected chi connectivity index (χ3v) is 9.32. The van der Waals surface area contributed by atoms with E-state index in [-0.39, 0.29) is 62.5 Å². The van der Waals surface area contributed by atoms with E-state index >= 15 is 0 Å². The van der Waals surface area contributed by atoms with Crippen molar-refractivity contribution in [1.29, 1.82) is 0 Å². The van der Waals surface area contributed by atoms with Gasteiger partial charge >= 0.3 is 29.8 Å². The van der Waals surface area contributed by atoms with Crippen LogP contribution in [0.15, 0.2) is 24.3 Å². The molecule has 1 saturated heterocycles. The first-order chi connectivity index (χ1) is 27.6. The maximum absolute atomic E-state index is 13.6. The van der Waals surface area contributed by atoms with Crippen molar-refractivity contribution in [3.05, 3.63) is 35.4 Å². The van der Waals surface area contributed by atoms with Gasteiger partial charge in [0.2, 0.25) is 0 Å². The van der Waals surface area contributed by atoms with Crippen molar-refractivity contribution < 1.29 is 48.0 Å². The topological polar surface area (TPSA) is 155 Å². The predicted molar refractivity (Wildman–Crippen MR) is 233 cm³/mol. The predicted octanol–water partition coefficient (Wildman–Crippen LogP) is 5.76. The number of rotatable bonds is 17. The lowest BCUT2D eigenvalue weighted by Gasteiger charge is -2.39.